The molecule has 5 atom stereocenters. The van der Waals surface area contributed by atoms with E-state index in [0.717, 1.165) is 10.8 Å². The number of ether oxygens (including phenoxy) is 4. The molecule has 0 bridgehead atoms. The maximum absolute atomic E-state index is 12.4. The van der Waals surface area contributed by atoms with Gasteiger partial charge < -0.3 is 58.2 Å². The molecule has 1 aliphatic rings. The molecule has 3 rings (SSSR count). The molecule has 1 aromatic carbocycles. The van der Waals surface area contributed by atoms with Gasteiger partial charge in [0.05, 0.1) is 40.3 Å². The van der Waals surface area contributed by atoms with E-state index in [1.54, 1.807) is 18.2 Å². The summed E-state index contributed by atoms with van der Waals surface area (Å²) in [6, 6.07) is 6.29. The first-order valence-corrected chi connectivity index (χ1v) is 19.4. The molecular weight excluding hydrogens is 791 g/mol. The van der Waals surface area contributed by atoms with Crippen molar-refractivity contribution in [2.24, 2.45) is 5.11 Å². The molecule has 0 saturated carbocycles. The number of amides is 2. The topological polar surface area (TPSA) is 370 Å². The number of carbonyl (C=O) groups is 2. The highest BCUT2D eigenvalue weighted by Crippen LogP contribution is 2.60. The van der Waals surface area contributed by atoms with Gasteiger partial charge in [0.2, 0.25) is 5.91 Å². The highest BCUT2D eigenvalue weighted by Gasteiger charge is 2.30. The standard InChI is InChI=1S/C26H34N7O18P3/c1-28-24(35)17-4-2-6-19(12-17)47-16-22(31-32-27)46-11-10-45-15-21(34)29-9-3-5-18-13-33(26(37)30-25(18)36)23-8-7-20(49-23)14-48-53(41,42)51-54(43,44)50-52(38,39)40/h2,4,6,12-13,20,22-23H,7-11,14-16H2,1H3,(H,28,35)(H,29,34)(H,41,42)(H,43,44)(H,30,36,37)(H2,38,39,40)/p-4/t20-,22?,23+/m0/s1. The van der Waals surface area contributed by atoms with Crippen LogP contribution in [-0.4, -0.2) is 80.3 Å². The molecule has 1 aromatic heterocycles. The van der Waals surface area contributed by atoms with Crippen LogP contribution in [0.3, 0.4) is 0 Å². The Labute approximate surface area is 303 Å². The summed E-state index contributed by atoms with van der Waals surface area (Å²) in [5, 5.41) is 8.39. The summed E-state index contributed by atoms with van der Waals surface area (Å²) in [6.07, 6.45) is -2.00. The lowest BCUT2D eigenvalue weighted by atomic mass is 10.2. The van der Waals surface area contributed by atoms with Crippen LogP contribution in [0.25, 0.3) is 10.4 Å². The van der Waals surface area contributed by atoms with Gasteiger partial charge in [0.1, 0.15) is 30.8 Å². The van der Waals surface area contributed by atoms with E-state index in [2.05, 4.69) is 45.6 Å². The number of carbonyl (C=O) groups excluding carboxylic acids is 2. The van der Waals surface area contributed by atoms with Crippen molar-refractivity contribution >= 4 is 35.3 Å². The lowest BCUT2D eigenvalue weighted by Gasteiger charge is -2.37. The maximum atomic E-state index is 12.4. The largest absolute Gasteiger partial charge is 0.790 e. The summed E-state index contributed by atoms with van der Waals surface area (Å²) in [5.41, 5.74) is 7.16. The lowest BCUT2D eigenvalue weighted by molar-refractivity contribution is -0.339. The predicted molar refractivity (Wildman–Crippen MR) is 170 cm³/mol. The highest BCUT2D eigenvalue weighted by atomic mass is 31.3. The van der Waals surface area contributed by atoms with Crippen molar-refractivity contribution in [3.05, 3.63) is 72.9 Å². The minimum Gasteiger partial charge on any atom is -0.790 e. The molecule has 2 heterocycles. The fraction of sp³-hybridized carbons (Fsp3) is 0.462. The number of H-pyrrole nitrogens is 1. The van der Waals surface area contributed by atoms with Crippen molar-refractivity contribution in [3.8, 4) is 17.6 Å². The molecule has 28 heteroatoms. The number of phosphoric ester groups is 1. The van der Waals surface area contributed by atoms with E-state index in [1.165, 1.54) is 13.1 Å². The number of aromatic amines is 1. The fourth-order valence-electron chi connectivity index (χ4n) is 4.21. The average molecular weight is 821 g/mol. The van der Waals surface area contributed by atoms with E-state index in [4.69, 9.17) is 24.5 Å². The molecule has 0 spiro atoms. The van der Waals surface area contributed by atoms with Crippen LogP contribution in [0.1, 0.15) is 35.0 Å². The van der Waals surface area contributed by atoms with E-state index in [1.807, 2.05) is 4.98 Å². The average Bonchev–Trinajstić information content (AvgIpc) is 3.56. The van der Waals surface area contributed by atoms with Crippen molar-refractivity contribution in [1.29, 1.82) is 0 Å². The maximum Gasteiger partial charge on any atom is 0.330 e. The van der Waals surface area contributed by atoms with Crippen LogP contribution in [0, 0.1) is 11.8 Å². The van der Waals surface area contributed by atoms with Crippen molar-refractivity contribution in [1.82, 2.24) is 20.2 Å². The molecule has 1 fully saturated rings. The molecule has 2 aromatic rings. The first-order chi connectivity index (χ1) is 25.4. The van der Waals surface area contributed by atoms with E-state index >= 15 is 0 Å². The Morgan fingerprint density at radius 1 is 1.15 bits per heavy atom. The van der Waals surface area contributed by atoms with Gasteiger partial charge in [-0.15, -0.1) is 0 Å². The van der Waals surface area contributed by atoms with Gasteiger partial charge >= 0.3 is 5.69 Å². The minimum absolute atomic E-state index is 0.0542. The first-order valence-electron chi connectivity index (χ1n) is 15.1. The van der Waals surface area contributed by atoms with Crippen molar-refractivity contribution < 1.29 is 75.0 Å². The Morgan fingerprint density at radius 2 is 1.91 bits per heavy atom. The Balaban J connectivity index is 1.41. The first kappa shape index (κ1) is 44.2. The molecule has 54 heavy (non-hydrogen) atoms. The van der Waals surface area contributed by atoms with Gasteiger partial charge in [0.15, 0.2) is 6.23 Å². The van der Waals surface area contributed by atoms with Crippen LogP contribution in [0.4, 0.5) is 0 Å². The molecule has 25 nitrogen and oxygen atoms in total. The normalized spacial score (nSPS) is 18.2. The van der Waals surface area contributed by atoms with E-state index < -0.39 is 72.4 Å². The Hall–Kier alpha value is -4.20. The number of azide groups is 1. The van der Waals surface area contributed by atoms with Crippen LogP contribution < -0.4 is 46.2 Å². The van der Waals surface area contributed by atoms with Gasteiger partial charge in [-0.3, -0.25) is 37.4 Å². The predicted octanol–water partition coefficient (Wildman–Crippen LogP) is -2.39. The zero-order valence-electron chi connectivity index (χ0n) is 27.8. The van der Waals surface area contributed by atoms with Gasteiger partial charge in [-0.1, -0.05) is 23.0 Å². The van der Waals surface area contributed by atoms with Crippen LogP contribution in [-0.2, 0) is 45.8 Å². The van der Waals surface area contributed by atoms with E-state index in [0.29, 0.717) is 11.3 Å². The number of aromatic nitrogens is 2. The summed E-state index contributed by atoms with van der Waals surface area (Å²) >= 11 is 0. The Bertz CT molecular complexity index is 2020. The van der Waals surface area contributed by atoms with Crippen molar-refractivity contribution in [2.75, 3.05) is 46.6 Å². The highest BCUT2D eigenvalue weighted by molar-refractivity contribution is 7.64. The summed E-state index contributed by atoms with van der Waals surface area (Å²) < 4.78 is 67.0. The number of phosphoric acid groups is 3. The molecule has 3 N–H and O–H groups in total. The molecule has 1 aliphatic heterocycles. The molecule has 1 saturated heterocycles. The molecular formula is C26H30N7O18P3-4. The molecule has 0 radical (unpaired) electrons. The second-order valence-electron chi connectivity index (χ2n) is 10.4. The fourth-order valence-corrected chi connectivity index (χ4v) is 7.10. The SMILES string of the molecule is CNC(=O)c1cccc(OCC(N=[N+]=[N-])OCCOCC(=O)NCC#Cc2cn([C@H]3CC[C@@H](COP(=O)([O-])OP(=O)([O-])OP(=O)([O-])[O-])O3)c(=O)[nH]c2=O)c1. The molecule has 296 valence electrons. The van der Waals surface area contributed by atoms with Gasteiger partial charge in [0, 0.05) is 23.7 Å². The molecule has 0 aliphatic carbocycles. The summed E-state index contributed by atoms with van der Waals surface area (Å²) in [7, 11) is -16.6. The van der Waals surface area contributed by atoms with Gasteiger partial charge in [-0.25, -0.2) is 9.11 Å². The Kier molecular flexibility index (Phi) is 16.8. The number of benzene rings is 1. The lowest BCUT2D eigenvalue weighted by Crippen LogP contribution is -2.34. The van der Waals surface area contributed by atoms with Gasteiger partial charge in [-0.2, -0.15) is 0 Å². The van der Waals surface area contributed by atoms with Gasteiger partial charge in [0.25, 0.3) is 27.1 Å². The summed E-state index contributed by atoms with van der Waals surface area (Å²) in [4.78, 5) is 97.2. The van der Waals surface area contributed by atoms with Crippen molar-refractivity contribution in [2.45, 2.75) is 31.4 Å². The zero-order chi connectivity index (χ0) is 39.9. The molecule has 2 amide bonds. The summed E-state index contributed by atoms with van der Waals surface area (Å²) in [5.74, 6) is 4.44. The number of hydrogen-bond donors (Lipinski definition) is 3. The number of rotatable bonds is 20. The number of nitrogens with zero attached hydrogens (tertiary/aromatic N) is 4. The van der Waals surface area contributed by atoms with Crippen LogP contribution >= 0.6 is 23.5 Å². The van der Waals surface area contributed by atoms with Crippen molar-refractivity contribution in [3.63, 3.8) is 0 Å². The van der Waals surface area contributed by atoms with Crippen LogP contribution in [0.15, 0.2) is 45.2 Å². The van der Waals surface area contributed by atoms with E-state index in [-0.39, 0.29) is 50.7 Å². The second-order valence-corrected chi connectivity index (χ2v) is 14.6. The third-order valence-corrected chi connectivity index (χ3v) is 10.1. The van der Waals surface area contributed by atoms with Crippen LogP contribution in [0.5, 0.6) is 5.75 Å². The zero-order valence-corrected chi connectivity index (χ0v) is 30.4. The van der Waals surface area contributed by atoms with E-state index in [9.17, 15) is 52.4 Å². The summed E-state index contributed by atoms with van der Waals surface area (Å²) in [6.45, 7) is -1.84. The number of nitrogens with one attached hydrogen (secondary N) is 3. The smallest absolute Gasteiger partial charge is 0.330 e. The van der Waals surface area contributed by atoms with Crippen LogP contribution in [0.2, 0.25) is 0 Å². The minimum atomic E-state index is -6.16. The monoisotopic (exact) mass is 821 g/mol. The van der Waals surface area contributed by atoms with Gasteiger partial charge in [-0.05, 0) is 36.6 Å². The second kappa shape index (κ2) is 20.5. The Morgan fingerprint density at radius 3 is 2.61 bits per heavy atom. The molecule has 3 unspecified atom stereocenters. The third kappa shape index (κ3) is 15.6. The third-order valence-electron chi connectivity index (χ3n) is 6.45. The number of hydrogen-bond acceptors (Lipinski definition) is 19. The quantitative estimate of drug-likeness (QED) is 0.0313.